The Morgan fingerprint density at radius 1 is 1.42 bits per heavy atom. The summed E-state index contributed by atoms with van der Waals surface area (Å²) in [7, 11) is 2.85. The van der Waals surface area contributed by atoms with E-state index in [4.69, 9.17) is 4.74 Å². The van der Waals surface area contributed by atoms with E-state index in [1.165, 1.54) is 20.2 Å². The number of phenolic OH excluding ortho intramolecular Hbond substituents is 1. The number of phenols is 1. The Morgan fingerprint density at radius 3 is 2.63 bits per heavy atom. The van der Waals surface area contributed by atoms with Crippen molar-refractivity contribution in [3.63, 3.8) is 0 Å². The molecule has 7 heteroatoms. The minimum absolute atomic E-state index is 0.0754. The predicted octanol–water partition coefficient (Wildman–Crippen LogP) is 2.83. The average molecular weight is 344 g/mol. The molecule has 1 fully saturated rings. The van der Waals surface area contributed by atoms with Crippen LogP contribution in [0.3, 0.4) is 0 Å². The molecule has 0 aliphatic carbocycles. The number of carbonyl (C=O) groups excluding carboxylic acids is 2. The van der Waals surface area contributed by atoms with Gasteiger partial charge in [0, 0.05) is 17.1 Å². The van der Waals surface area contributed by atoms with E-state index in [9.17, 15) is 14.7 Å². The van der Waals surface area contributed by atoms with Crippen LogP contribution in [0.2, 0.25) is 0 Å². The number of imide groups is 1. The van der Waals surface area contributed by atoms with Crippen molar-refractivity contribution < 1.29 is 19.4 Å². The summed E-state index contributed by atoms with van der Waals surface area (Å²) in [4.78, 5) is 24.5. The van der Waals surface area contributed by atoms with Crippen LogP contribution in [-0.4, -0.2) is 35.3 Å². The van der Waals surface area contributed by atoms with Gasteiger partial charge in [-0.2, -0.15) is 0 Å². The highest BCUT2D eigenvalue weighted by atomic mass is 79.9. The van der Waals surface area contributed by atoms with Crippen LogP contribution in [0.1, 0.15) is 5.56 Å². The summed E-state index contributed by atoms with van der Waals surface area (Å²) in [6.45, 7) is 0. The SMILES string of the molecule is COc1cc(Br)cc(/C=C2\SC(=O)N(C)C2=O)c1O. The molecular weight excluding hydrogens is 334 g/mol. The van der Waals surface area contributed by atoms with Gasteiger partial charge >= 0.3 is 0 Å². The van der Waals surface area contributed by atoms with Gasteiger partial charge in [0.25, 0.3) is 11.1 Å². The first-order chi connectivity index (χ1) is 8.93. The fraction of sp³-hybridized carbons (Fsp3) is 0.167. The van der Waals surface area contributed by atoms with Gasteiger partial charge in [-0.3, -0.25) is 14.5 Å². The number of benzene rings is 1. The number of thioether (sulfide) groups is 1. The van der Waals surface area contributed by atoms with Gasteiger partial charge in [-0.05, 0) is 30.0 Å². The summed E-state index contributed by atoms with van der Waals surface area (Å²) < 4.78 is 5.72. The van der Waals surface area contributed by atoms with Gasteiger partial charge in [-0.25, -0.2) is 0 Å². The second-order valence-electron chi connectivity index (χ2n) is 3.79. The van der Waals surface area contributed by atoms with Gasteiger partial charge < -0.3 is 9.84 Å². The molecule has 100 valence electrons. The van der Waals surface area contributed by atoms with Crippen LogP contribution >= 0.6 is 27.7 Å². The van der Waals surface area contributed by atoms with Crippen LogP contribution in [0, 0.1) is 0 Å². The van der Waals surface area contributed by atoms with Crippen molar-refractivity contribution >= 4 is 44.9 Å². The highest BCUT2D eigenvalue weighted by Crippen LogP contribution is 2.38. The van der Waals surface area contributed by atoms with Crippen molar-refractivity contribution in [2.75, 3.05) is 14.2 Å². The minimum Gasteiger partial charge on any atom is -0.504 e. The van der Waals surface area contributed by atoms with Crippen LogP contribution in [0.5, 0.6) is 11.5 Å². The molecule has 1 aliphatic heterocycles. The van der Waals surface area contributed by atoms with Gasteiger partial charge in [0.05, 0.1) is 12.0 Å². The maximum Gasteiger partial charge on any atom is 0.293 e. The standard InChI is InChI=1S/C12H10BrNO4S/c1-14-11(16)9(19-12(14)17)4-6-3-7(13)5-8(18-2)10(6)15/h3-5,15H,1-2H3/b9-4-. The molecule has 0 bridgehead atoms. The Balaban J connectivity index is 2.47. The third-order valence-electron chi connectivity index (χ3n) is 2.56. The molecule has 2 rings (SSSR count). The predicted molar refractivity (Wildman–Crippen MR) is 76.1 cm³/mol. The molecule has 0 unspecified atom stereocenters. The number of halogens is 1. The second-order valence-corrected chi connectivity index (χ2v) is 5.70. The zero-order chi connectivity index (χ0) is 14.2. The lowest BCUT2D eigenvalue weighted by molar-refractivity contribution is -0.121. The molecule has 0 saturated carbocycles. The minimum atomic E-state index is -0.381. The third-order valence-corrected chi connectivity index (χ3v) is 3.98. The summed E-state index contributed by atoms with van der Waals surface area (Å²) in [6, 6.07) is 3.25. The van der Waals surface area contributed by atoms with Crippen molar-refractivity contribution in [1.29, 1.82) is 0 Å². The monoisotopic (exact) mass is 343 g/mol. The zero-order valence-corrected chi connectivity index (χ0v) is 12.5. The number of nitrogens with zero attached hydrogens (tertiary/aromatic N) is 1. The molecule has 0 aromatic heterocycles. The normalized spacial score (nSPS) is 17.4. The lowest BCUT2D eigenvalue weighted by atomic mass is 10.1. The summed E-state index contributed by atoms with van der Waals surface area (Å²) in [6.07, 6.45) is 1.47. The molecule has 0 radical (unpaired) electrons. The molecule has 1 aliphatic rings. The molecule has 0 atom stereocenters. The van der Waals surface area contributed by atoms with Gasteiger partial charge in [-0.15, -0.1) is 0 Å². The lowest BCUT2D eigenvalue weighted by Crippen LogP contribution is -2.22. The lowest BCUT2D eigenvalue weighted by Gasteiger charge is -2.07. The van der Waals surface area contributed by atoms with Crippen LogP contribution in [0.15, 0.2) is 21.5 Å². The molecule has 1 saturated heterocycles. The Labute approximate surface area is 122 Å². The van der Waals surface area contributed by atoms with Crippen LogP contribution < -0.4 is 4.74 Å². The van der Waals surface area contributed by atoms with Crippen molar-refractivity contribution in [2.45, 2.75) is 0 Å². The van der Waals surface area contributed by atoms with Gasteiger partial charge in [-0.1, -0.05) is 15.9 Å². The Bertz CT molecular complexity index is 600. The van der Waals surface area contributed by atoms with E-state index in [1.54, 1.807) is 12.1 Å². The number of rotatable bonds is 2. The number of ether oxygens (including phenoxy) is 1. The number of methoxy groups -OCH3 is 1. The molecule has 0 spiro atoms. The topological polar surface area (TPSA) is 66.8 Å². The first kappa shape index (κ1) is 14.0. The Hall–Kier alpha value is -1.47. The maximum atomic E-state index is 11.8. The van der Waals surface area contributed by atoms with E-state index in [-0.39, 0.29) is 27.6 Å². The quantitative estimate of drug-likeness (QED) is 0.836. The summed E-state index contributed by atoms with van der Waals surface area (Å²) >= 11 is 4.12. The van der Waals surface area contributed by atoms with Gasteiger partial charge in [0.15, 0.2) is 11.5 Å². The van der Waals surface area contributed by atoms with E-state index in [2.05, 4.69) is 15.9 Å². The van der Waals surface area contributed by atoms with Gasteiger partial charge in [0.1, 0.15) is 0 Å². The van der Waals surface area contributed by atoms with E-state index in [0.717, 1.165) is 16.7 Å². The number of aromatic hydroxyl groups is 1. The molecule has 1 heterocycles. The zero-order valence-electron chi connectivity index (χ0n) is 10.1. The molecular formula is C12H10BrNO4S. The van der Waals surface area contributed by atoms with E-state index >= 15 is 0 Å². The number of hydrogen-bond acceptors (Lipinski definition) is 5. The smallest absolute Gasteiger partial charge is 0.293 e. The van der Waals surface area contributed by atoms with Crippen LogP contribution in [0.4, 0.5) is 4.79 Å². The molecule has 1 N–H and O–H groups in total. The first-order valence-electron chi connectivity index (χ1n) is 5.22. The number of amides is 2. The number of carbonyl (C=O) groups is 2. The molecule has 1 aromatic carbocycles. The summed E-state index contributed by atoms with van der Waals surface area (Å²) in [5.74, 6) is -0.168. The second kappa shape index (κ2) is 5.26. The van der Waals surface area contributed by atoms with Crippen molar-refractivity contribution in [3.05, 3.63) is 27.1 Å². The number of hydrogen-bond donors (Lipinski definition) is 1. The Morgan fingerprint density at radius 2 is 2.11 bits per heavy atom. The first-order valence-corrected chi connectivity index (χ1v) is 6.83. The van der Waals surface area contributed by atoms with E-state index in [0.29, 0.717) is 10.0 Å². The maximum absolute atomic E-state index is 11.8. The highest BCUT2D eigenvalue weighted by molar-refractivity contribution is 9.10. The van der Waals surface area contributed by atoms with Crippen LogP contribution in [-0.2, 0) is 4.79 Å². The largest absolute Gasteiger partial charge is 0.504 e. The van der Waals surface area contributed by atoms with Crippen molar-refractivity contribution in [1.82, 2.24) is 4.90 Å². The molecule has 19 heavy (non-hydrogen) atoms. The molecule has 1 aromatic rings. The highest BCUT2D eigenvalue weighted by Gasteiger charge is 2.32. The van der Waals surface area contributed by atoms with Gasteiger partial charge in [0.2, 0.25) is 0 Å². The molecule has 5 nitrogen and oxygen atoms in total. The molecule has 2 amide bonds. The summed E-state index contributed by atoms with van der Waals surface area (Å²) in [5.41, 5.74) is 0.408. The van der Waals surface area contributed by atoms with Crippen molar-refractivity contribution in [2.24, 2.45) is 0 Å². The van der Waals surface area contributed by atoms with E-state index < -0.39 is 0 Å². The fourth-order valence-corrected chi connectivity index (χ4v) is 2.82. The van der Waals surface area contributed by atoms with Crippen LogP contribution in [0.25, 0.3) is 6.08 Å². The van der Waals surface area contributed by atoms with E-state index in [1.807, 2.05) is 0 Å². The fourth-order valence-electron chi connectivity index (χ4n) is 1.55. The third kappa shape index (κ3) is 2.62. The Kier molecular flexibility index (Phi) is 3.86. The number of likely N-dealkylation sites (N-methyl/N-ethyl adjacent to an activating group) is 1. The summed E-state index contributed by atoms with van der Waals surface area (Å²) in [5, 5.41) is 9.65. The van der Waals surface area contributed by atoms with Crippen molar-refractivity contribution in [3.8, 4) is 11.5 Å². The average Bonchev–Trinajstić information content (AvgIpc) is 2.61.